The molecule has 0 heterocycles. The van der Waals surface area contributed by atoms with Gasteiger partial charge in [0.2, 0.25) is 0 Å². The largest absolute Gasteiger partial charge is 0.495 e. The molecule has 0 saturated carbocycles. The monoisotopic (exact) mass is 374 g/mol. The third-order valence-electron chi connectivity index (χ3n) is 3.09. The number of aliphatic hydroxyl groups is 1. The number of hydrogen-bond donors (Lipinski definition) is 1. The number of methoxy groups -OCH3 is 2. The number of halogens is 3. The van der Waals surface area contributed by atoms with Gasteiger partial charge in [0.1, 0.15) is 28.4 Å². The number of hydrogen-bond acceptors (Lipinski definition) is 3. The summed E-state index contributed by atoms with van der Waals surface area (Å²) in [6.07, 6.45) is -1.09. The van der Waals surface area contributed by atoms with Crippen LogP contribution in [0.25, 0.3) is 0 Å². The van der Waals surface area contributed by atoms with Crippen molar-refractivity contribution in [3.63, 3.8) is 0 Å². The highest BCUT2D eigenvalue weighted by Gasteiger charge is 2.22. The molecule has 112 valence electrons. The molecule has 0 aliphatic rings. The van der Waals surface area contributed by atoms with Crippen LogP contribution in [0.15, 0.2) is 34.8 Å². The van der Waals surface area contributed by atoms with E-state index >= 15 is 0 Å². The van der Waals surface area contributed by atoms with Crippen molar-refractivity contribution in [2.24, 2.45) is 0 Å². The first-order chi connectivity index (χ1) is 10.0. The Hall–Kier alpha value is -1.30. The molecule has 0 aliphatic carbocycles. The zero-order valence-electron chi connectivity index (χ0n) is 11.4. The van der Waals surface area contributed by atoms with E-state index in [0.29, 0.717) is 22.6 Å². The van der Waals surface area contributed by atoms with Gasteiger partial charge in [-0.3, -0.25) is 0 Å². The first kappa shape index (κ1) is 16.1. The molecule has 0 aliphatic heterocycles. The minimum absolute atomic E-state index is 0.200. The lowest BCUT2D eigenvalue weighted by molar-refractivity contribution is 0.213. The summed E-state index contributed by atoms with van der Waals surface area (Å²) in [5, 5.41) is 10.8. The van der Waals surface area contributed by atoms with Gasteiger partial charge in [0.15, 0.2) is 0 Å². The summed E-state index contributed by atoms with van der Waals surface area (Å²) in [4.78, 5) is 0. The zero-order chi connectivity index (χ0) is 15.6. The molecule has 1 N–H and O–H groups in total. The van der Waals surface area contributed by atoms with Crippen molar-refractivity contribution >= 4 is 27.5 Å². The highest BCUT2D eigenvalue weighted by atomic mass is 79.9. The van der Waals surface area contributed by atoms with Gasteiger partial charge in [-0.15, -0.1) is 0 Å². The summed E-state index contributed by atoms with van der Waals surface area (Å²) < 4.78 is 24.2. The summed E-state index contributed by atoms with van der Waals surface area (Å²) in [7, 11) is 2.93. The van der Waals surface area contributed by atoms with Crippen LogP contribution in [0.4, 0.5) is 4.39 Å². The minimum atomic E-state index is -1.09. The van der Waals surface area contributed by atoms with Gasteiger partial charge < -0.3 is 14.6 Å². The second-order valence-electron chi connectivity index (χ2n) is 4.25. The molecule has 0 spiro atoms. The van der Waals surface area contributed by atoms with Gasteiger partial charge >= 0.3 is 0 Å². The average Bonchev–Trinajstić information content (AvgIpc) is 2.49. The fourth-order valence-corrected chi connectivity index (χ4v) is 2.84. The van der Waals surface area contributed by atoms with E-state index in [2.05, 4.69) is 15.9 Å². The Balaban J connectivity index is 2.56. The van der Waals surface area contributed by atoms with E-state index < -0.39 is 11.9 Å². The smallest absolute Gasteiger partial charge is 0.147 e. The first-order valence-corrected chi connectivity index (χ1v) is 7.20. The second-order valence-corrected chi connectivity index (χ2v) is 5.42. The third kappa shape index (κ3) is 3.00. The highest BCUT2D eigenvalue weighted by molar-refractivity contribution is 9.10. The molecule has 21 heavy (non-hydrogen) atoms. The van der Waals surface area contributed by atoms with Gasteiger partial charge in [-0.05, 0) is 34.1 Å². The standard InChI is InChI=1S/C15H13BrClFO3/c1-20-11-7-6-9(15(21-2)13(11)17)14(19)8-4-3-5-10(18)12(8)16/h3-7,14,19H,1-2H3. The quantitative estimate of drug-likeness (QED) is 0.864. The normalized spacial score (nSPS) is 12.1. The lowest BCUT2D eigenvalue weighted by Crippen LogP contribution is -2.05. The number of ether oxygens (including phenoxy) is 2. The molecule has 1 atom stereocenters. The van der Waals surface area contributed by atoms with Gasteiger partial charge in [-0.25, -0.2) is 4.39 Å². The average molecular weight is 376 g/mol. The van der Waals surface area contributed by atoms with Crippen LogP contribution in [0, 0.1) is 5.82 Å². The van der Waals surface area contributed by atoms with Crippen molar-refractivity contribution in [1.82, 2.24) is 0 Å². The van der Waals surface area contributed by atoms with Crippen LogP contribution < -0.4 is 9.47 Å². The van der Waals surface area contributed by atoms with Gasteiger partial charge in [-0.1, -0.05) is 23.7 Å². The van der Waals surface area contributed by atoms with E-state index in [9.17, 15) is 9.50 Å². The van der Waals surface area contributed by atoms with Crippen LogP contribution in [-0.2, 0) is 0 Å². The van der Waals surface area contributed by atoms with E-state index in [1.807, 2.05) is 0 Å². The van der Waals surface area contributed by atoms with E-state index in [0.717, 1.165) is 0 Å². The van der Waals surface area contributed by atoms with Crippen molar-refractivity contribution in [3.8, 4) is 11.5 Å². The van der Waals surface area contributed by atoms with Crippen molar-refractivity contribution in [2.45, 2.75) is 6.10 Å². The maximum atomic E-state index is 13.6. The van der Waals surface area contributed by atoms with Crippen LogP contribution in [0.3, 0.4) is 0 Å². The molecule has 0 amide bonds. The Kier molecular flexibility index (Phi) is 5.08. The summed E-state index contributed by atoms with van der Waals surface area (Å²) >= 11 is 9.31. The van der Waals surface area contributed by atoms with Crippen LogP contribution in [-0.4, -0.2) is 19.3 Å². The molecular weight excluding hydrogens is 363 g/mol. The SMILES string of the molecule is COc1ccc(C(O)c2cccc(F)c2Br)c(OC)c1Cl. The lowest BCUT2D eigenvalue weighted by Gasteiger charge is -2.18. The fraction of sp³-hybridized carbons (Fsp3) is 0.200. The van der Waals surface area contributed by atoms with E-state index in [1.54, 1.807) is 18.2 Å². The minimum Gasteiger partial charge on any atom is -0.495 e. The summed E-state index contributed by atoms with van der Waals surface area (Å²) in [5.41, 5.74) is 0.809. The topological polar surface area (TPSA) is 38.7 Å². The zero-order valence-corrected chi connectivity index (χ0v) is 13.7. The van der Waals surface area contributed by atoms with Crippen LogP contribution in [0.2, 0.25) is 5.02 Å². The van der Waals surface area contributed by atoms with Crippen molar-refractivity contribution < 1.29 is 19.0 Å². The van der Waals surface area contributed by atoms with Crippen molar-refractivity contribution in [2.75, 3.05) is 14.2 Å². The first-order valence-electron chi connectivity index (χ1n) is 6.03. The van der Waals surface area contributed by atoms with Crippen LogP contribution >= 0.6 is 27.5 Å². The van der Waals surface area contributed by atoms with E-state index in [1.165, 1.54) is 26.4 Å². The molecule has 0 aromatic heterocycles. The molecule has 0 bridgehead atoms. The van der Waals surface area contributed by atoms with Gasteiger partial charge in [0, 0.05) is 11.1 Å². The molecule has 6 heteroatoms. The van der Waals surface area contributed by atoms with E-state index in [-0.39, 0.29) is 9.50 Å². The molecule has 3 nitrogen and oxygen atoms in total. The number of aliphatic hydroxyl groups excluding tert-OH is 1. The highest BCUT2D eigenvalue weighted by Crippen LogP contribution is 2.42. The summed E-state index contributed by atoms with van der Waals surface area (Å²) in [5.74, 6) is 0.271. The molecule has 2 rings (SSSR count). The van der Waals surface area contributed by atoms with Gasteiger partial charge in [0.05, 0.1) is 18.7 Å². The molecule has 1 unspecified atom stereocenters. The fourth-order valence-electron chi connectivity index (χ4n) is 2.03. The Morgan fingerprint density at radius 3 is 2.48 bits per heavy atom. The lowest BCUT2D eigenvalue weighted by atomic mass is 10.00. The van der Waals surface area contributed by atoms with Crippen LogP contribution in [0.1, 0.15) is 17.2 Å². The molecule has 0 saturated heterocycles. The second kappa shape index (κ2) is 6.64. The van der Waals surface area contributed by atoms with Gasteiger partial charge in [-0.2, -0.15) is 0 Å². The Labute approximate surface area is 135 Å². The predicted molar refractivity (Wildman–Crippen MR) is 82.7 cm³/mol. The maximum Gasteiger partial charge on any atom is 0.147 e. The molecule has 2 aromatic rings. The van der Waals surface area contributed by atoms with Crippen LogP contribution in [0.5, 0.6) is 11.5 Å². The van der Waals surface area contributed by atoms with Gasteiger partial charge in [0.25, 0.3) is 0 Å². The summed E-state index contributed by atoms with van der Waals surface area (Å²) in [6.45, 7) is 0. The molecule has 0 fully saturated rings. The molecule has 0 radical (unpaired) electrons. The summed E-state index contributed by atoms with van der Waals surface area (Å²) in [6, 6.07) is 7.70. The number of rotatable bonds is 4. The predicted octanol–water partition coefficient (Wildman–Crippen LogP) is 4.34. The van der Waals surface area contributed by atoms with Crippen molar-refractivity contribution in [1.29, 1.82) is 0 Å². The maximum absolute atomic E-state index is 13.6. The Bertz CT molecular complexity index is 664. The third-order valence-corrected chi connectivity index (χ3v) is 4.28. The number of benzene rings is 2. The van der Waals surface area contributed by atoms with Crippen molar-refractivity contribution in [3.05, 3.63) is 56.8 Å². The Morgan fingerprint density at radius 2 is 1.86 bits per heavy atom. The molecular formula is C15H13BrClFO3. The van der Waals surface area contributed by atoms with E-state index in [4.69, 9.17) is 21.1 Å². The Morgan fingerprint density at radius 1 is 1.14 bits per heavy atom. The molecule has 2 aromatic carbocycles.